The number of aryl methyl sites for hydroxylation is 1. The molecule has 224 valence electrons. The van der Waals surface area contributed by atoms with Gasteiger partial charge in [0.25, 0.3) is 0 Å². The van der Waals surface area contributed by atoms with Gasteiger partial charge in [0.15, 0.2) is 11.5 Å². The second-order valence-corrected chi connectivity index (χ2v) is 11.3. The molecule has 0 aliphatic carbocycles. The van der Waals surface area contributed by atoms with Crippen molar-refractivity contribution in [1.29, 1.82) is 0 Å². The Balaban J connectivity index is 1.79. The maximum absolute atomic E-state index is 13.9. The third-order valence-electron chi connectivity index (χ3n) is 7.58. The molecule has 0 radical (unpaired) electrons. The Labute approximate surface area is 256 Å². The number of amides is 2. The van der Waals surface area contributed by atoms with Crippen LogP contribution in [0.1, 0.15) is 27.5 Å². The third kappa shape index (κ3) is 6.11. The number of carbonyl (C=O) groups is 2. The predicted molar refractivity (Wildman–Crippen MR) is 170 cm³/mol. The van der Waals surface area contributed by atoms with Crippen molar-refractivity contribution in [3.8, 4) is 28.4 Å². The highest BCUT2D eigenvalue weighted by atomic mass is 32.2. The molecule has 1 aliphatic heterocycles. The average molecular weight is 601 g/mol. The van der Waals surface area contributed by atoms with Crippen LogP contribution in [-0.4, -0.2) is 68.4 Å². The maximum Gasteiger partial charge on any atom is 0.240 e. The standard InChI is InChI=1S/C33H36N4O5S/c1-21-10-9-13-25(22(21)2)37-33-30(31(35-37)23-11-7-6-8-12-23)32(24-14-15-26(41-4)27(18-24)42-5)43-20-29(39)36(33)19-28(38)34-16-17-40-3/h6-15,18,32H,16-17,19-20H2,1-5H3,(H,34,38)/t32-/m1/s1. The van der Waals surface area contributed by atoms with Gasteiger partial charge in [0.05, 0.1) is 43.2 Å². The Bertz CT molecular complexity index is 1620. The van der Waals surface area contributed by atoms with Crippen LogP contribution in [0.5, 0.6) is 11.5 Å². The monoisotopic (exact) mass is 600 g/mol. The number of hydrogen-bond acceptors (Lipinski definition) is 7. The zero-order chi connectivity index (χ0) is 30.5. The van der Waals surface area contributed by atoms with Crippen LogP contribution in [0.4, 0.5) is 5.82 Å². The van der Waals surface area contributed by atoms with Crippen LogP contribution in [0.15, 0.2) is 66.7 Å². The number of methoxy groups -OCH3 is 3. The number of ether oxygens (including phenoxy) is 3. The number of nitrogens with zero attached hydrogens (tertiary/aromatic N) is 3. The molecule has 1 aliphatic rings. The summed E-state index contributed by atoms with van der Waals surface area (Å²) in [6, 6.07) is 21.8. The van der Waals surface area contributed by atoms with E-state index in [1.165, 1.54) is 11.8 Å². The number of fused-ring (bicyclic) bond motifs is 1. The summed E-state index contributed by atoms with van der Waals surface area (Å²) in [7, 11) is 4.79. The zero-order valence-corrected chi connectivity index (χ0v) is 25.9. The number of thioether (sulfide) groups is 1. The maximum atomic E-state index is 13.9. The fraction of sp³-hybridized carbons (Fsp3) is 0.303. The van der Waals surface area contributed by atoms with Gasteiger partial charge in [-0.1, -0.05) is 48.5 Å². The highest BCUT2D eigenvalue weighted by Gasteiger charge is 2.38. The number of aromatic nitrogens is 2. The Morgan fingerprint density at radius 1 is 1.00 bits per heavy atom. The van der Waals surface area contributed by atoms with Gasteiger partial charge in [-0.3, -0.25) is 14.5 Å². The van der Waals surface area contributed by atoms with Gasteiger partial charge in [-0.05, 0) is 48.7 Å². The van der Waals surface area contributed by atoms with Gasteiger partial charge in [-0.2, -0.15) is 5.10 Å². The van der Waals surface area contributed by atoms with Gasteiger partial charge in [0.1, 0.15) is 12.4 Å². The van der Waals surface area contributed by atoms with Crippen molar-refractivity contribution in [2.75, 3.05) is 51.7 Å². The number of rotatable bonds is 10. The first-order valence-electron chi connectivity index (χ1n) is 14.0. The van der Waals surface area contributed by atoms with Gasteiger partial charge in [0, 0.05) is 24.8 Å². The van der Waals surface area contributed by atoms with Crippen molar-refractivity contribution in [2.45, 2.75) is 19.1 Å². The summed E-state index contributed by atoms with van der Waals surface area (Å²) < 4.78 is 18.1. The lowest BCUT2D eigenvalue weighted by atomic mass is 9.99. The summed E-state index contributed by atoms with van der Waals surface area (Å²) in [6.07, 6.45) is 0. The van der Waals surface area contributed by atoms with Crippen LogP contribution in [0.25, 0.3) is 16.9 Å². The summed E-state index contributed by atoms with van der Waals surface area (Å²) in [4.78, 5) is 28.7. The second-order valence-electron chi connectivity index (χ2n) is 10.2. The SMILES string of the molecule is COCCNC(=O)CN1C(=O)CS[C@H](c2ccc(OC)c(OC)c2)c2c(-c3ccccc3)nn(-c3cccc(C)c3C)c21. The molecule has 0 fully saturated rings. The molecule has 3 aromatic carbocycles. The summed E-state index contributed by atoms with van der Waals surface area (Å²) in [5.74, 6) is 1.49. The average Bonchev–Trinajstić information content (AvgIpc) is 3.34. The van der Waals surface area contributed by atoms with Crippen LogP contribution >= 0.6 is 11.8 Å². The molecule has 9 nitrogen and oxygen atoms in total. The van der Waals surface area contributed by atoms with E-state index in [0.29, 0.717) is 30.5 Å². The molecule has 0 saturated carbocycles. The lowest BCUT2D eigenvalue weighted by molar-refractivity contribution is -0.123. The van der Waals surface area contributed by atoms with Crippen molar-refractivity contribution in [3.05, 3.63) is 89.0 Å². The molecular weight excluding hydrogens is 564 g/mol. The molecule has 0 saturated heterocycles. The lowest BCUT2D eigenvalue weighted by Gasteiger charge is -2.24. The third-order valence-corrected chi connectivity index (χ3v) is 8.84. The molecule has 10 heteroatoms. The number of nitrogens with one attached hydrogen (secondary N) is 1. The first-order chi connectivity index (χ1) is 20.9. The van der Waals surface area contributed by atoms with Crippen molar-refractivity contribution in [3.63, 3.8) is 0 Å². The van der Waals surface area contributed by atoms with E-state index in [0.717, 1.165) is 39.2 Å². The quantitative estimate of drug-likeness (QED) is 0.253. The highest BCUT2D eigenvalue weighted by molar-refractivity contribution is 8.00. The van der Waals surface area contributed by atoms with Crippen LogP contribution < -0.4 is 19.7 Å². The minimum absolute atomic E-state index is 0.153. The molecule has 1 atom stereocenters. The van der Waals surface area contributed by atoms with Crippen molar-refractivity contribution in [2.24, 2.45) is 0 Å². The minimum Gasteiger partial charge on any atom is -0.493 e. The Morgan fingerprint density at radius 3 is 2.49 bits per heavy atom. The lowest BCUT2D eigenvalue weighted by Crippen LogP contribution is -2.43. The van der Waals surface area contributed by atoms with E-state index in [2.05, 4.69) is 5.32 Å². The number of carbonyl (C=O) groups excluding carboxylic acids is 2. The zero-order valence-electron chi connectivity index (χ0n) is 25.0. The normalized spacial score (nSPS) is 14.7. The van der Waals surface area contributed by atoms with Gasteiger partial charge in [0.2, 0.25) is 11.8 Å². The minimum atomic E-state index is -0.297. The second kappa shape index (κ2) is 13.4. The van der Waals surface area contributed by atoms with Crippen LogP contribution in [-0.2, 0) is 14.3 Å². The van der Waals surface area contributed by atoms with E-state index in [1.807, 2.05) is 85.3 Å². The van der Waals surface area contributed by atoms with E-state index in [4.69, 9.17) is 19.3 Å². The molecule has 1 N–H and O–H groups in total. The molecule has 2 amide bonds. The predicted octanol–water partition coefficient (Wildman–Crippen LogP) is 5.11. The van der Waals surface area contributed by atoms with Gasteiger partial charge < -0.3 is 19.5 Å². The molecule has 5 rings (SSSR count). The molecule has 0 bridgehead atoms. The topological polar surface area (TPSA) is 94.9 Å². The summed E-state index contributed by atoms with van der Waals surface area (Å²) >= 11 is 1.50. The van der Waals surface area contributed by atoms with Crippen molar-refractivity contribution in [1.82, 2.24) is 15.1 Å². The number of anilines is 1. The van der Waals surface area contributed by atoms with Crippen LogP contribution in [0.3, 0.4) is 0 Å². The fourth-order valence-electron chi connectivity index (χ4n) is 5.23. The summed E-state index contributed by atoms with van der Waals surface area (Å²) in [5.41, 5.74) is 6.40. The smallest absolute Gasteiger partial charge is 0.240 e. The van der Waals surface area contributed by atoms with Crippen molar-refractivity contribution >= 4 is 29.4 Å². The van der Waals surface area contributed by atoms with E-state index in [1.54, 1.807) is 26.2 Å². The van der Waals surface area contributed by atoms with E-state index in [-0.39, 0.29) is 29.4 Å². The molecule has 4 aromatic rings. The molecule has 1 aromatic heterocycles. The van der Waals surface area contributed by atoms with Gasteiger partial charge in [-0.15, -0.1) is 11.8 Å². The fourth-order valence-corrected chi connectivity index (χ4v) is 6.42. The molecule has 2 heterocycles. The number of hydrogen-bond donors (Lipinski definition) is 1. The van der Waals surface area contributed by atoms with E-state index in [9.17, 15) is 9.59 Å². The van der Waals surface area contributed by atoms with Crippen LogP contribution in [0.2, 0.25) is 0 Å². The van der Waals surface area contributed by atoms with Gasteiger partial charge >= 0.3 is 0 Å². The Hall–Kier alpha value is -4.28. The Kier molecular flexibility index (Phi) is 9.37. The number of benzene rings is 3. The highest BCUT2D eigenvalue weighted by Crippen LogP contribution is 2.49. The molecule has 43 heavy (non-hydrogen) atoms. The summed E-state index contributed by atoms with van der Waals surface area (Å²) in [5, 5.41) is 7.77. The first kappa shape index (κ1) is 30.2. The molecular formula is C33H36N4O5S. The summed E-state index contributed by atoms with van der Waals surface area (Å²) in [6.45, 7) is 4.66. The molecule has 0 unspecified atom stereocenters. The molecule has 0 spiro atoms. The Morgan fingerprint density at radius 2 is 1.77 bits per heavy atom. The van der Waals surface area contributed by atoms with E-state index >= 15 is 0 Å². The largest absolute Gasteiger partial charge is 0.493 e. The van der Waals surface area contributed by atoms with Crippen molar-refractivity contribution < 1.29 is 23.8 Å². The first-order valence-corrected chi connectivity index (χ1v) is 15.1. The van der Waals surface area contributed by atoms with Crippen LogP contribution in [0, 0.1) is 13.8 Å². The van der Waals surface area contributed by atoms with E-state index < -0.39 is 0 Å². The van der Waals surface area contributed by atoms with Gasteiger partial charge in [-0.25, -0.2) is 4.68 Å².